The van der Waals surface area contributed by atoms with Crippen LogP contribution < -0.4 is 5.69 Å². The van der Waals surface area contributed by atoms with Crippen LogP contribution in [0.5, 0.6) is 0 Å². The molecule has 3 N–H and O–H groups in total. The smallest absolute Gasteiger partial charge is 0.323 e. The minimum Gasteiger partial charge on any atom is -0.345 e. The van der Waals surface area contributed by atoms with E-state index in [1.807, 2.05) is 48.5 Å². The van der Waals surface area contributed by atoms with Gasteiger partial charge in [-0.1, -0.05) is 24.3 Å². The number of benzene rings is 2. The molecule has 19 heavy (non-hydrogen) atoms. The fraction of sp³-hybridized carbons (Fsp3) is 0. The molecule has 0 unspecified atom stereocenters. The Hall–Kier alpha value is -2.82. The highest BCUT2D eigenvalue weighted by Crippen LogP contribution is 2.05. The summed E-state index contributed by atoms with van der Waals surface area (Å²) in [6.07, 6.45) is 1.70. The molecule has 0 amide bonds. The Morgan fingerprint density at radius 3 is 2.00 bits per heavy atom. The van der Waals surface area contributed by atoms with E-state index < -0.39 is 0 Å². The molecule has 0 radical (unpaired) electrons. The van der Waals surface area contributed by atoms with Crippen LogP contribution in [-0.2, 0) is 0 Å². The molecule has 0 aliphatic carbocycles. The summed E-state index contributed by atoms with van der Waals surface area (Å²) < 4.78 is 0. The van der Waals surface area contributed by atoms with Crippen molar-refractivity contribution in [3.05, 3.63) is 65.3 Å². The summed E-state index contributed by atoms with van der Waals surface area (Å²) in [6, 6.07) is 15.4. The van der Waals surface area contributed by atoms with Crippen LogP contribution in [0.3, 0.4) is 0 Å². The van der Waals surface area contributed by atoms with Crippen molar-refractivity contribution in [3.63, 3.8) is 0 Å². The predicted molar refractivity (Wildman–Crippen MR) is 75.0 cm³/mol. The number of para-hydroxylation sites is 4. The van der Waals surface area contributed by atoms with E-state index in [1.54, 1.807) is 6.33 Å². The number of aromatic nitrogens is 4. The van der Waals surface area contributed by atoms with Crippen LogP contribution in [0.1, 0.15) is 0 Å². The predicted octanol–water partition coefficient (Wildman–Crippen LogP) is 2.42. The van der Waals surface area contributed by atoms with Crippen molar-refractivity contribution >= 4 is 22.1 Å². The van der Waals surface area contributed by atoms with Gasteiger partial charge in [0.2, 0.25) is 0 Å². The monoisotopic (exact) mass is 252 g/mol. The molecule has 0 saturated heterocycles. The lowest BCUT2D eigenvalue weighted by Crippen LogP contribution is -1.99. The fourth-order valence-electron chi connectivity index (χ4n) is 1.86. The van der Waals surface area contributed by atoms with Crippen molar-refractivity contribution in [2.75, 3.05) is 0 Å². The molecule has 0 saturated carbocycles. The number of nitrogens with zero attached hydrogens (tertiary/aromatic N) is 1. The largest absolute Gasteiger partial charge is 0.345 e. The zero-order valence-electron chi connectivity index (χ0n) is 10.1. The Balaban J connectivity index is 0.000000117. The molecule has 94 valence electrons. The van der Waals surface area contributed by atoms with Crippen molar-refractivity contribution in [1.82, 2.24) is 19.9 Å². The van der Waals surface area contributed by atoms with E-state index in [4.69, 9.17) is 0 Å². The highest BCUT2D eigenvalue weighted by atomic mass is 16.1. The highest BCUT2D eigenvalue weighted by molar-refractivity contribution is 5.74. The van der Waals surface area contributed by atoms with Crippen molar-refractivity contribution in [2.24, 2.45) is 0 Å². The average Bonchev–Trinajstić information content (AvgIpc) is 3.03. The van der Waals surface area contributed by atoms with Gasteiger partial charge >= 0.3 is 5.69 Å². The Labute approximate surface area is 108 Å². The van der Waals surface area contributed by atoms with Gasteiger partial charge in [-0.2, -0.15) is 0 Å². The molecule has 2 aromatic carbocycles. The first-order valence-corrected chi connectivity index (χ1v) is 5.88. The zero-order valence-corrected chi connectivity index (χ0v) is 10.1. The third kappa shape index (κ3) is 2.40. The van der Waals surface area contributed by atoms with E-state index in [2.05, 4.69) is 19.9 Å². The molecule has 0 bridgehead atoms. The molecule has 5 nitrogen and oxygen atoms in total. The van der Waals surface area contributed by atoms with Gasteiger partial charge in [-0.25, -0.2) is 9.78 Å². The van der Waals surface area contributed by atoms with Crippen LogP contribution in [0.2, 0.25) is 0 Å². The molecular weight excluding hydrogens is 240 g/mol. The van der Waals surface area contributed by atoms with Gasteiger partial charge in [0.15, 0.2) is 0 Å². The average molecular weight is 252 g/mol. The lowest BCUT2D eigenvalue weighted by molar-refractivity contribution is 1.22. The second kappa shape index (κ2) is 4.81. The summed E-state index contributed by atoms with van der Waals surface area (Å²) in [7, 11) is 0. The summed E-state index contributed by atoms with van der Waals surface area (Å²) in [5, 5.41) is 0. The molecule has 5 heteroatoms. The maximum Gasteiger partial charge on any atom is 0.323 e. The topological polar surface area (TPSA) is 77.3 Å². The van der Waals surface area contributed by atoms with Gasteiger partial charge in [-0.05, 0) is 24.3 Å². The fourth-order valence-corrected chi connectivity index (χ4v) is 1.86. The molecule has 0 fully saturated rings. The van der Waals surface area contributed by atoms with E-state index in [0.29, 0.717) is 0 Å². The van der Waals surface area contributed by atoms with Gasteiger partial charge in [0.05, 0.1) is 28.4 Å². The quantitative estimate of drug-likeness (QED) is 0.449. The van der Waals surface area contributed by atoms with Crippen molar-refractivity contribution in [2.45, 2.75) is 0 Å². The van der Waals surface area contributed by atoms with Gasteiger partial charge in [0, 0.05) is 0 Å². The molecule has 0 spiro atoms. The van der Waals surface area contributed by atoms with Crippen molar-refractivity contribution < 1.29 is 0 Å². The van der Waals surface area contributed by atoms with Gasteiger partial charge in [0.1, 0.15) is 0 Å². The SMILES string of the molecule is O=c1[nH]c2ccccc2[nH]1.c1ccc2[nH]cnc2c1. The number of rotatable bonds is 0. The summed E-state index contributed by atoms with van der Waals surface area (Å²) in [5.74, 6) is 0. The second-order valence-corrected chi connectivity index (χ2v) is 4.04. The normalized spacial score (nSPS) is 10.3. The zero-order chi connectivity index (χ0) is 13.1. The number of imidazole rings is 2. The molecule has 0 aliphatic heterocycles. The summed E-state index contributed by atoms with van der Waals surface area (Å²) in [4.78, 5) is 23.0. The van der Waals surface area contributed by atoms with Crippen LogP contribution in [0.4, 0.5) is 0 Å². The third-order valence-corrected chi connectivity index (χ3v) is 2.75. The van der Waals surface area contributed by atoms with Crippen LogP contribution in [0.15, 0.2) is 59.7 Å². The van der Waals surface area contributed by atoms with E-state index >= 15 is 0 Å². The standard InChI is InChI=1S/C7H6N2O.C7H6N2/c10-7-8-5-3-1-2-4-6(5)9-7;1-2-4-7-6(3-1)8-5-9-7/h1-4H,(H2,8,9,10);1-5H,(H,8,9). The van der Waals surface area contributed by atoms with E-state index in [9.17, 15) is 4.79 Å². The summed E-state index contributed by atoms with van der Waals surface area (Å²) >= 11 is 0. The lowest BCUT2D eigenvalue weighted by Gasteiger charge is -1.81. The lowest BCUT2D eigenvalue weighted by atomic mass is 10.3. The maximum absolute atomic E-state index is 10.7. The molecule has 0 aliphatic rings. The Morgan fingerprint density at radius 1 is 0.789 bits per heavy atom. The maximum atomic E-state index is 10.7. The first kappa shape index (κ1) is 11.3. The summed E-state index contributed by atoms with van der Waals surface area (Å²) in [5.41, 5.74) is 3.68. The number of aromatic amines is 3. The molecule has 2 heterocycles. The molecule has 4 aromatic rings. The number of hydrogen-bond donors (Lipinski definition) is 3. The number of H-pyrrole nitrogens is 3. The highest BCUT2D eigenvalue weighted by Gasteiger charge is 1.92. The van der Waals surface area contributed by atoms with Gasteiger partial charge < -0.3 is 15.0 Å². The summed E-state index contributed by atoms with van der Waals surface area (Å²) in [6.45, 7) is 0. The van der Waals surface area contributed by atoms with Gasteiger partial charge in [-0.15, -0.1) is 0 Å². The molecule has 0 atom stereocenters. The number of nitrogens with one attached hydrogen (secondary N) is 3. The van der Waals surface area contributed by atoms with Crippen LogP contribution in [0, 0.1) is 0 Å². The van der Waals surface area contributed by atoms with Crippen LogP contribution in [-0.4, -0.2) is 19.9 Å². The first-order chi connectivity index (χ1) is 9.33. The van der Waals surface area contributed by atoms with Gasteiger partial charge in [-0.3, -0.25) is 0 Å². The Morgan fingerprint density at radius 2 is 1.37 bits per heavy atom. The van der Waals surface area contributed by atoms with Crippen molar-refractivity contribution in [3.8, 4) is 0 Å². The molecular formula is C14H12N4O. The first-order valence-electron chi connectivity index (χ1n) is 5.88. The Bertz CT molecular complexity index is 790. The Kier molecular flexibility index (Phi) is 2.86. The number of fused-ring (bicyclic) bond motifs is 2. The minimum absolute atomic E-state index is 0.152. The number of hydrogen-bond acceptors (Lipinski definition) is 2. The molecule has 4 rings (SSSR count). The van der Waals surface area contributed by atoms with E-state index in [1.165, 1.54) is 0 Å². The van der Waals surface area contributed by atoms with Crippen molar-refractivity contribution in [1.29, 1.82) is 0 Å². The van der Waals surface area contributed by atoms with Crippen LogP contribution >= 0.6 is 0 Å². The van der Waals surface area contributed by atoms with Crippen LogP contribution in [0.25, 0.3) is 22.1 Å². The van der Waals surface area contributed by atoms with E-state index in [0.717, 1.165) is 22.1 Å². The molecule has 2 aromatic heterocycles. The van der Waals surface area contributed by atoms with Gasteiger partial charge in [0.25, 0.3) is 0 Å². The second-order valence-electron chi connectivity index (χ2n) is 4.04. The third-order valence-electron chi connectivity index (χ3n) is 2.75. The van der Waals surface area contributed by atoms with E-state index in [-0.39, 0.29) is 5.69 Å². The minimum atomic E-state index is -0.152.